The van der Waals surface area contributed by atoms with Crippen LogP contribution >= 0.6 is 45.3 Å². The van der Waals surface area contributed by atoms with E-state index < -0.39 is 0 Å². The van der Waals surface area contributed by atoms with Crippen molar-refractivity contribution < 1.29 is 4.79 Å². The van der Waals surface area contributed by atoms with Crippen LogP contribution in [0.3, 0.4) is 0 Å². The Labute approximate surface area is 838 Å². The number of carbonyl (C=O) groups is 1. The molecule has 10 N–H and O–H groups in total. The van der Waals surface area contributed by atoms with Crippen LogP contribution in [-0.4, -0.2) is 169 Å². The Balaban J connectivity index is 0.000000120. The Morgan fingerprint density at radius 1 is 0.350 bits per heavy atom. The number of fused-ring (bicyclic) bond motifs is 8. The first-order valence-electron chi connectivity index (χ1n) is 45.0. The van der Waals surface area contributed by atoms with Gasteiger partial charge < -0.3 is 35.5 Å². The van der Waals surface area contributed by atoms with Crippen LogP contribution < -0.4 is 10.6 Å². The molecule has 0 aliphatic carbocycles. The van der Waals surface area contributed by atoms with Crippen molar-refractivity contribution in [1.82, 2.24) is 130 Å². The third-order valence-electron chi connectivity index (χ3n) is 24.3. The summed E-state index contributed by atoms with van der Waals surface area (Å²) in [6, 6.07) is 51.2. The number of H-pyrrole nitrogens is 8. The largest absolute Gasteiger partial charge is 0.382 e. The molecule has 26 rings (SSSR count). The van der Waals surface area contributed by atoms with Crippen LogP contribution in [0.15, 0.2) is 294 Å². The van der Waals surface area contributed by atoms with Crippen molar-refractivity contribution >= 4 is 150 Å². The zero-order chi connectivity index (χ0) is 93.4. The molecular formula is C110H100N28OS4. The van der Waals surface area contributed by atoms with E-state index in [0.717, 1.165) is 230 Å². The van der Waals surface area contributed by atoms with Gasteiger partial charge in [0.05, 0.1) is 86.5 Å². The molecule has 0 saturated carbocycles. The number of thiophene rings is 4. The van der Waals surface area contributed by atoms with E-state index in [0.29, 0.717) is 28.9 Å². The molecule has 20 aromatic heterocycles. The van der Waals surface area contributed by atoms with E-state index in [1.54, 1.807) is 82.3 Å². The molecule has 0 radical (unpaired) electrons. The lowest BCUT2D eigenvalue weighted by Crippen LogP contribution is -2.18. The third kappa shape index (κ3) is 19.7. The van der Waals surface area contributed by atoms with Crippen molar-refractivity contribution in [3.05, 3.63) is 311 Å². The van der Waals surface area contributed by atoms with Crippen molar-refractivity contribution in [3.8, 4) is 135 Å². The van der Waals surface area contributed by atoms with E-state index in [9.17, 15) is 4.79 Å². The van der Waals surface area contributed by atoms with Gasteiger partial charge >= 0.3 is 0 Å². The van der Waals surface area contributed by atoms with Crippen molar-refractivity contribution in [1.29, 1.82) is 0 Å². The molecule has 1 amide bonds. The van der Waals surface area contributed by atoms with Crippen molar-refractivity contribution in [2.75, 3.05) is 37.8 Å². The first kappa shape index (κ1) is 95.0. The second-order valence-corrected chi connectivity index (χ2v) is 37.6. The van der Waals surface area contributed by atoms with Gasteiger partial charge in [0, 0.05) is 159 Å². The number of benzene rings is 5. The highest BCUT2D eigenvalue weighted by Gasteiger charge is 2.25. The third-order valence-corrected chi connectivity index (χ3v) is 27.0. The normalized spacial score (nSPS) is 11.9. The molecule has 0 unspecified atom stereocenters. The van der Waals surface area contributed by atoms with E-state index in [4.69, 9.17) is 19.9 Å². The summed E-state index contributed by atoms with van der Waals surface area (Å²) in [4.78, 5) is 85.9. The van der Waals surface area contributed by atoms with Crippen LogP contribution in [0.1, 0.15) is 77.9 Å². The molecule has 0 atom stereocenters. The predicted octanol–water partition coefficient (Wildman–Crippen LogP) is 26.4. The maximum atomic E-state index is 12.6. The van der Waals surface area contributed by atoms with Gasteiger partial charge in [0.25, 0.3) is 5.91 Å². The maximum absolute atomic E-state index is 12.6. The summed E-state index contributed by atoms with van der Waals surface area (Å²) in [5.41, 5.74) is 35.4. The Hall–Kier alpha value is -17.0. The van der Waals surface area contributed by atoms with Gasteiger partial charge in [-0.1, -0.05) is 72.2 Å². The summed E-state index contributed by atoms with van der Waals surface area (Å²) in [7, 11) is 4.12. The number of amides is 1. The minimum absolute atomic E-state index is 0. The molecule has 1 aliphatic heterocycles. The standard InChI is InChI=1S/C29H19N7OS.C27H23N7S.2C25H21N7S.4CH4/c37-29(17-4-2-1-3-5-17)32-21-10-20(12-30-13-21)18-6-7-24-22(11-18)27(36-35-24)28-33-25-15-31-14-23(26(25)34-28)19-8-9-38-16-19;1-2-7-34(6-1)15-17-9-20(12-28-11-17)18-3-4-23-21(10-18)26(33-32-23)27-30-24-14-29-13-22(25(24)31-27)19-5-8-35-16-19;1-32(2)13-15-7-18(10-26-9-15)16-3-4-21-19(8-16)24(31-30-21)25-28-22-12-27-11-20(23(22)29-25)17-5-6-33-14-17;1-14(2)28-18-7-17(9-26-10-18)15-3-4-21-19(8-15)24(32-31-21)25-29-22-12-27-11-20(23(22)30-25)16-5-6-33-13-16;;;;/h1-16H,(H,32,37)(H,33,34)(H,35,36);3-5,8-14,16H,1-2,6-7,15H2,(H,30,31)(H,32,33);3-12,14H,13H2,1-2H3,(H,28,29)(H,30,31);3-14,28H,1-2H3,(H,29,30)(H,31,32);4*1H4. The number of anilines is 2. The molecule has 5 aromatic carbocycles. The number of rotatable bonds is 20. The Morgan fingerprint density at radius 2 is 0.678 bits per heavy atom. The molecule has 29 nitrogen and oxygen atoms in total. The molecule has 1 saturated heterocycles. The number of carbonyl (C=O) groups excluding carboxylic acids is 1. The first-order chi connectivity index (χ1) is 68.3. The highest BCUT2D eigenvalue weighted by molar-refractivity contribution is 7.09. The van der Waals surface area contributed by atoms with Gasteiger partial charge in [0.2, 0.25) is 0 Å². The summed E-state index contributed by atoms with van der Waals surface area (Å²) in [6.45, 7) is 8.39. The fraction of sp³-hybridized carbons (Fsp3) is 0.136. The lowest BCUT2D eigenvalue weighted by molar-refractivity contribution is 0.102. The number of nitrogens with one attached hydrogen (secondary N) is 10. The number of hydrogen-bond donors (Lipinski definition) is 10. The smallest absolute Gasteiger partial charge is 0.255 e. The van der Waals surface area contributed by atoms with Gasteiger partial charge in [-0.25, -0.2) is 19.9 Å². The number of aromatic nitrogens is 24. The zero-order valence-corrected chi connectivity index (χ0v) is 78.5. The first-order valence-corrected chi connectivity index (χ1v) is 48.8. The number of nitrogens with zero attached hydrogens (tertiary/aromatic N) is 18. The van der Waals surface area contributed by atoms with Crippen LogP contribution in [0.5, 0.6) is 0 Å². The van der Waals surface area contributed by atoms with Crippen LogP contribution in [0.25, 0.3) is 223 Å². The summed E-state index contributed by atoms with van der Waals surface area (Å²) in [5, 5.41) is 57.9. The summed E-state index contributed by atoms with van der Waals surface area (Å²) in [5.74, 6) is 2.64. The van der Waals surface area contributed by atoms with Crippen LogP contribution in [0.4, 0.5) is 11.4 Å². The molecule has 33 heteroatoms. The van der Waals surface area contributed by atoms with Gasteiger partial charge in [0.1, 0.15) is 44.8 Å². The summed E-state index contributed by atoms with van der Waals surface area (Å²) >= 11 is 6.63. The van der Waals surface area contributed by atoms with E-state index in [2.05, 4.69) is 284 Å². The summed E-state index contributed by atoms with van der Waals surface area (Å²) in [6.07, 6.45) is 32.1. The number of likely N-dealkylation sites (tertiary alicyclic amines) is 1. The zero-order valence-electron chi connectivity index (χ0n) is 75.2. The number of pyridine rings is 8. The van der Waals surface area contributed by atoms with Gasteiger partial charge in [-0.15, -0.1) is 0 Å². The van der Waals surface area contributed by atoms with Gasteiger partial charge in [-0.3, -0.25) is 70.0 Å². The Kier molecular flexibility index (Phi) is 27.6. The van der Waals surface area contributed by atoms with Gasteiger partial charge in [0.15, 0.2) is 23.3 Å². The molecule has 710 valence electrons. The topological polar surface area (TPSA) is 380 Å². The average molecular weight is 1960 g/mol. The van der Waals surface area contributed by atoms with Gasteiger partial charge in [-0.05, 0) is 262 Å². The Morgan fingerprint density at radius 3 is 1.03 bits per heavy atom. The van der Waals surface area contributed by atoms with Crippen LogP contribution in [0, 0.1) is 0 Å². The second kappa shape index (κ2) is 41.6. The molecule has 25 aromatic rings. The molecular weight excluding hydrogens is 1860 g/mol. The van der Waals surface area contributed by atoms with Crippen molar-refractivity contribution in [3.63, 3.8) is 0 Å². The van der Waals surface area contributed by atoms with E-state index in [1.165, 1.54) is 37.1 Å². The van der Waals surface area contributed by atoms with Gasteiger partial charge in [-0.2, -0.15) is 65.7 Å². The molecule has 0 bridgehead atoms. The number of imidazole rings is 4. The quantitative estimate of drug-likeness (QED) is 0.0339. The molecule has 143 heavy (non-hydrogen) atoms. The lowest BCUT2D eigenvalue weighted by atomic mass is 10.0. The highest BCUT2D eigenvalue weighted by atomic mass is 32.1. The number of aromatic amines is 8. The second-order valence-electron chi connectivity index (χ2n) is 34.5. The average Bonchev–Trinajstić information content (AvgIpc) is 1.63. The van der Waals surface area contributed by atoms with E-state index in [1.807, 2.05) is 122 Å². The van der Waals surface area contributed by atoms with E-state index >= 15 is 0 Å². The Bertz CT molecular complexity index is 8500. The fourth-order valence-electron chi connectivity index (χ4n) is 17.7. The molecule has 1 aliphatic rings. The molecule has 1 fully saturated rings. The lowest BCUT2D eigenvalue weighted by Gasteiger charge is -2.14. The monoisotopic (exact) mass is 1960 g/mol. The SMILES string of the molecule is C.C.C.C.CC(C)Nc1cncc(-c2ccc3[nH]nc(-c4nc5c(-c6ccsc6)cncc5[nH]4)c3c2)c1.CN(C)Cc1cncc(-c2ccc3[nH]nc(-c4nc5c(-c6ccsc6)cncc5[nH]4)c3c2)c1.O=C(Nc1cncc(-c2ccc3[nH]nc(-c4nc5c(-c6ccsc6)cncc5[nH]4)c3c2)c1)c1ccccc1.c1cc(-c2cncc3[nH]c(-c4n[nH]c5ccc(-c6cncc(CN7CCCC7)c6)cc45)nc23)cs1. The summed E-state index contributed by atoms with van der Waals surface area (Å²) < 4.78 is 0. The molecule has 0 spiro atoms. The number of hydrogen-bond acceptors (Lipinski definition) is 24. The molecule has 21 heterocycles. The van der Waals surface area contributed by atoms with E-state index in [-0.39, 0.29) is 35.6 Å². The van der Waals surface area contributed by atoms with Crippen LogP contribution in [-0.2, 0) is 13.1 Å². The minimum Gasteiger partial charge on any atom is -0.382 e. The fourth-order valence-corrected chi connectivity index (χ4v) is 20.3. The highest BCUT2D eigenvalue weighted by Crippen LogP contribution is 2.41. The predicted molar refractivity (Wildman–Crippen MR) is 584 cm³/mol. The van der Waals surface area contributed by atoms with Crippen LogP contribution in [0.2, 0.25) is 0 Å². The van der Waals surface area contributed by atoms with Crippen molar-refractivity contribution in [2.45, 2.75) is 75.5 Å². The van der Waals surface area contributed by atoms with Crippen molar-refractivity contribution in [2.24, 2.45) is 0 Å². The maximum Gasteiger partial charge on any atom is 0.255 e. The minimum atomic E-state index is -0.182.